The third-order valence-corrected chi connectivity index (χ3v) is 19.6. The number of aliphatic hydroxyl groups excluding tert-OH is 11. The number of nitrogens with one attached hydrogen (secondary N) is 1. The van der Waals surface area contributed by atoms with Gasteiger partial charge in [-0.3, -0.25) is 4.79 Å². The fourth-order valence-electron chi connectivity index (χ4n) is 13.2. The first-order valence-corrected chi connectivity index (χ1v) is 40.5. The van der Waals surface area contributed by atoms with Crippen molar-refractivity contribution in [3.8, 4) is 0 Å². The average Bonchev–Trinajstić information content (AvgIpc) is 0.781. The summed E-state index contributed by atoms with van der Waals surface area (Å²) >= 11 is 0. The van der Waals surface area contributed by atoms with Gasteiger partial charge in [0.05, 0.1) is 38.6 Å². The summed E-state index contributed by atoms with van der Waals surface area (Å²) in [6, 6.07) is -0.982. The fourth-order valence-corrected chi connectivity index (χ4v) is 13.2. The number of hydrogen-bond acceptors (Lipinski definition) is 18. The molecule has 3 aliphatic heterocycles. The zero-order valence-corrected chi connectivity index (χ0v) is 63.1. The Labute approximate surface area is 615 Å². The Bertz CT molecular complexity index is 2220. The SMILES string of the molecule is CC/C=C\C/C=C\C/C=C\C/C=C\C/C=C\C/C=C\C/C=C\CCCCCCCCCCCCCC(=O)NC(COC1OC(CO)C(OC2OC(CO)C(OC3OC(CO)C(O)C(O)C3O)C(O)C2O)C(O)C1O)C(O)/C=C/CCCCCCCCCCCCCCCCCCCCCCCC. The molecule has 102 heavy (non-hydrogen) atoms. The number of aliphatic hydroxyl groups is 11. The van der Waals surface area contributed by atoms with Crippen LogP contribution in [0.1, 0.15) is 290 Å². The smallest absolute Gasteiger partial charge is 0.220 e. The van der Waals surface area contributed by atoms with E-state index in [-0.39, 0.29) is 18.9 Å². The summed E-state index contributed by atoms with van der Waals surface area (Å²) in [6.45, 7) is 1.64. The Hall–Kier alpha value is -3.29. The van der Waals surface area contributed by atoms with Crippen molar-refractivity contribution in [3.05, 3.63) is 97.2 Å². The number of rotatable bonds is 63. The predicted molar refractivity (Wildman–Crippen MR) is 406 cm³/mol. The molecule has 0 saturated carbocycles. The van der Waals surface area contributed by atoms with Crippen LogP contribution in [-0.2, 0) is 33.2 Å². The standard InChI is InChI=1S/C83H145NO18/c1-3-5-7-9-11-13-15-17-19-21-23-25-27-29-30-31-32-33-34-35-36-37-39-41-43-45-47-49-51-53-55-57-59-61-71(89)84-66(67(88)60-58-56-54-52-50-48-46-44-42-40-38-28-26-24-22-20-18-16-14-12-10-8-6-4-2)65-97-81-77(95)74(92)79(69(63-86)99-81)102-83-78(96)75(93)80(70(64-87)100-83)101-82-76(94)73(91)72(90)68(62-85)98-82/h5,7,11,13,17,19,23,25,29-30,32-33,35-36,58,60,66-70,72-83,85-88,90-96H,3-4,6,8-10,12,14-16,18,20-22,24,26-28,31,34,37-57,59,61-65H2,1-2H3,(H,84,89)/b7-5-,13-11-,19-17-,25-23-,30-29-,33-32-,36-35-,60-58+. The zero-order chi connectivity index (χ0) is 73.9. The largest absolute Gasteiger partial charge is 0.394 e. The van der Waals surface area contributed by atoms with Crippen LogP contribution in [0.5, 0.6) is 0 Å². The van der Waals surface area contributed by atoms with Crippen LogP contribution in [0.2, 0.25) is 0 Å². The topological polar surface area (TPSA) is 307 Å². The van der Waals surface area contributed by atoms with Crippen molar-refractivity contribution < 1.29 is 89.4 Å². The Balaban J connectivity index is 1.38. The average molecular weight is 1450 g/mol. The second-order valence-electron chi connectivity index (χ2n) is 28.5. The molecule has 17 atom stereocenters. The molecule has 590 valence electrons. The molecule has 1 amide bonds. The summed E-state index contributed by atoms with van der Waals surface area (Å²) in [4.78, 5) is 13.5. The second kappa shape index (κ2) is 62.7. The Kier molecular flexibility index (Phi) is 57.1. The van der Waals surface area contributed by atoms with Crippen molar-refractivity contribution in [2.24, 2.45) is 0 Å². The van der Waals surface area contributed by atoms with E-state index in [2.05, 4.69) is 104 Å². The first-order chi connectivity index (χ1) is 49.8. The maximum absolute atomic E-state index is 13.5. The van der Waals surface area contributed by atoms with Crippen LogP contribution in [0.25, 0.3) is 0 Å². The molecule has 0 spiro atoms. The summed E-state index contributed by atoms with van der Waals surface area (Å²) in [7, 11) is 0. The maximum atomic E-state index is 13.5. The van der Waals surface area contributed by atoms with E-state index in [9.17, 15) is 61.0 Å². The Morgan fingerprint density at radius 3 is 1.06 bits per heavy atom. The van der Waals surface area contributed by atoms with Gasteiger partial charge >= 0.3 is 0 Å². The van der Waals surface area contributed by atoms with Gasteiger partial charge in [-0.2, -0.15) is 0 Å². The van der Waals surface area contributed by atoms with Crippen molar-refractivity contribution in [2.75, 3.05) is 26.4 Å². The summed E-state index contributed by atoms with van der Waals surface area (Å²) in [6.07, 6.45) is 58.1. The number of carbonyl (C=O) groups is 1. The van der Waals surface area contributed by atoms with E-state index in [1.807, 2.05) is 6.08 Å². The molecular weight excluding hydrogens is 1300 g/mol. The van der Waals surface area contributed by atoms with E-state index in [0.29, 0.717) is 6.42 Å². The van der Waals surface area contributed by atoms with Gasteiger partial charge in [0.1, 0.15) is 73.2 Å². The first-order valence-electron chi connectivity index (χ1n) is 40.5. The van der Waals surface area contributed by atoms with Crippen LogP contribution in [0.4, 0.5) is 0 Å². The van der Waals surface area contributed by atoms with Crippen LogP contribution in [-0.4, -0.2) is 193 Å². The zero-order valence-electron chi connectivity index (χ0n) is 63.1. The Morgan fingerprint density at radius 1 is 0.363 bits per heavy atom. The van der Waals surface area contributed by atoms with Crippen molar-refractivity contribution >= 4 is 5.91 Å². The number of allylic oxidation sites excluding steroid dienone is 15. The number of amides is 1. The van der Waals surface area contributed by atoms with Gasteiger partial charge in [-0.25, -0.2) is 0 Å². The third kappa shape index (κ3) is 42.3. The summed E-state index contributed by atoms with van der Waals surface area (Å²) in [5.41, 5.74) is 0. The molecule has 0 radical (unpaired) electrons. The number of unbranched alkanes of at least 4 members (excludes halogenated alkanes) is 33. The minimum Gasteiger partial charge on any atom is -0.394 e. The minimum absolute atomic E-state index is 0.235. The molecule has 3 rings (SSSR count). The molecule has 19 nitrogen and oxygen atoms in total. The van der Waals surface area contributed by atoms with Crippen LogP contribution in [0.15, 0.2) is 97.2 Å². The molecule has 19 heteroatoms. The lowest BCUT2D eigenvalue weighted by Crippen LogP contribution is -2.66. The highest BCUT2D eigenvalue weighted by Gasteiger charge is 2.54. The lowest BCUT2D eigenvalue weighted by Gasteiger charge is -2.48. The van der Waals surface area contributed by atoms with E-state index < -0.39 is 124 Å². The van der Waals surface area contributed by atoms with Crippen molar-refractivity contribution in [1.29, 1.82) is 0 Å². The van der Waals surface area contributed by atoms with Crippen molar-refractivity contribution in [3.63, 3.8) is 0 Å². The molecule has 0 aliphatic carbocycles. The molecular formula is C83H145NO18. The van der Waals surface area contributed by atoms with Gasteiger partial charge in [0.25, 0.3) is 0 Å². The molecule has 0 aromatic rings. The number of hydrogen-bond donors (Lipinski definition) is 12. The predicted octanol–water partition coefficient (Wildman–Crippen LogP) is 13.6. The fraction of sp³-hybridized carbons (Fsp3) is 0.795. The number of carbonyl (C=O) groups excluding carboxylic acids is 1. The quantitative estimate of drug-likeness (QED) is 0.0199. The van der Waals surface area contributed by atoms with Crippen LogP contribution >= 0.6 is 0 Å². The van der Waals surface area contributed by atoms with Gasteiger partial charge in [-0.15, -0.1) is 0 Å². The molecule has 3 saturated heterocycles. The molecule has 0 bridgehead atoms. The molecule has 0 aromatic heterocycles. The van der Waals surface area contributed by atoms with E-state index in [0.717, 1.165) is 103 Å². The van der Waals surface area contributed by atoms with E-state index in [1.165, 1.54) is 161 Å². The highest BCUT2D eigenvalue weighted by Crippen LogP contribution is 2.33. The van der Waals surface area contributed by atoms with Crippen molar-refractivity contribution in [2.45, 2.75) is 394 Å². The Morgan fingerprint density at radius 2 is 0.676 bits per heavy atom. The minimum atomic E-state index is -1.98. The summed E-state index contributed by atoms with van der Waals surface area (Å²) in [5, 5.41) is 121. The van der Waals surface area contributed by atoms with Crippen LogP contribution in [0.3, 0.4) is 0 Å². The summed E-state index contributed by atoms with van der Waals surface area (Å²) < 4.78 is 34.5. The third-order valence-electron chi connectivity index (χ3n) is 19.6. The van der Waals surface area contributed by atoms with Gasteiger partial charge in [0, 0.05) is 6.42 Å². The van der Waals surface area contributed by atoms with Crippen LogP contribution in [0, 0.1) is 0 Å². The molecule has 12 N–H and O–H groups in total. The number of ether oxygens (including phenoxy) is 6. The normalized spacial score (nSPS) is 26.7. The van der Waals surface area contributed by atoms with Gasteiger partial charge in [-0.1, -0.05) is 304 Å². The monoisotopic (exact) mass is 1440 g/mol. The molecule has 0 aromatic carbocycles. The molecule has 17 unspecified atom stereocenters. The van der Waals surface area contributed by atoms with Crippen molar-refractivity contribution in [1.82, 2.24) is 5.32 Å². The first kappa shape index (κ1) is 92.9. The molecule has 3 aliphatic rings. The van der Waals surface area contributed by atoms with E-state index in [4.69, 9.17) is 28.4 Å². The lowest BCUT2D eigenvalue weighted by molar-refractivity contribution is -0.379. The van der Waals surface area contributed by atoms with E-state index >= 15 is 0 Å². The van der Waals surface area contributed by atoms with Gasteiger partial charge in [-0.05, 0) is 77.0 Å². The lowest BCUT2D eigenvalue weighted by atomic mass is 9.96. The summed E-state index contributed by atoms with van der Waals surface area (Å²) in [5.74, 6) is -0.280. The van der Waals surface area contributed by atoms with Gasteiger partial charge < -0.3 is 89.9 Å². The highest BCUT2D eigenvalue weighted by molar-refractivity contribution is 5.76. The van der Waals surface area contributed by atoms with Gasteiger partial charge in [0.15, 0.2) is 18.9 Å². The molecule has 3 fully saturated rings. The van der Waals surface area contributed by atoms with Crippen LogP contribution < -0.4 is 5.32 Å². The molecule has 3 heterocycles. The van der Waals surface area contributed by atoms with Gasteiger partial charge in [0.2, 0.25) is 5.91 Å². The second-order valence-corrected chi connectivity index (χ2v) is 28.5. The highest BCUT2D eigenvalue weighted by atomic mass is 16.8. The van der Waals surface area contributed by atoms with E-state index in [1.54, 1.807) is 6.08 Å². The maximum Gasteiger partial charge on any atom is 0.220 e.